The van der Waals surface area contributed by atoms with Crippen molar-refractivity contribution < 1.29 is 22.7 Å². The summed E-state index contributed by atoms with van der Waals surface area (Å²) in [6.07, 6.45) is 1.50. The molecule has 1 amide bonds. The number of likely N-dealkylation sites (N-methyl/N-ethyl adjacent to an activating group) is 1. The van der Waals surface area contributed by atoms with Gasteiger partial charge in [-0.1, -0.05) is 45.0 Å². The van der Waals surface area contributed by atoms with E-state index in [1.54, 1.807) is 6.07 Å². The minimum Gasteiger partial charge on any atom is -0.497 e. The summed E-state index contributed by atoms with van der Waals surface area (Å²) in [4.78, 5) is 12.1. The molecule has 0 heterocycles. The van der Waals surface area contributed by atoms with Crippen LogP contribution in [0, 0.1) is 0 Å². The van der Waals surface area contributed by atoms with Gasteiger partial charge in [0, 0.05) is 13.1 Å². The van der Waals surface area contributed by atoms with E-state index < -0.39 is 22.5 Å². The highest BCUT2D eigenvalue weighted by Crippen LogP contribution is 2.30. The van der Waals surface area contributed by atoms with Gasteiger partial charge in [-0.15, -0.1) is 0 Å². The number of sulfonamides is 1. The van der Waals surface area contributed by atoms with Crippen LogP contribution in [0.5, 0.6) is 11.5 Å². The Kier molecular flexibility index (Phi) is 7.80. The molecule has 0 radical (unpaired) electrons. The average Bonchev–Trinajstić information content (AvgIpc) is 2.72. The lowest BCUT2D eigenvalue weighted by Gasteiger charge is -2.18. The second-order valence-corrected chi connectivity index (χ2v) is 9.96. The van der Waals surface area contributed by atoms with E-state index in [-0.39, 0.29) is 16.1 Å². The van der Waals surface area contributed by atoms with Gasteiger partial charge in [-0.25, -0.2) is 13.8 Å². The van der Waals surface area contributed by atoms with Crippen molar-refractivity contribution in [3.05, 3.63) is 53.6 Å². The Labute approximate surface area is 183 Å². The molecule has 9 heteroatoms. The number of benzene rings is 2. The van der Waals surface area contributed by atoms with E-state index in [2.05, 4.69) is 31.3 Å². The van der Waals surface area contributed by atoms with Crippen molar-refractivity contribution in [2.75, 3.05) is 27.8 Å². The molecule has 0 unspecified atom stereocenters. The molecule has 168 valence electrons. The topological polar surface area (TPSA) is 97.3 Å². The van der Waals surface area contributed by atoms with Crippen molar-refractivity contribution in [2.45, 2.75) is 31.1 Å². The largest absolute Gasteiger partial charge is 0.497 e. The van der Waals surface area contributed by atoms with Crippen LogP contribution in [0.4, 0.5) is 0 Å². The normalized spacial score (nSPS) is 12.2. The zero-order valence-corrected chi connectivity index (χ0v) is 19.5. The highest BCUT2D eigenvalue weighted by Gasteiger charge is 2.27. The van der Waals surface area contributed by atoms with Crippen LogP contribution in [0.2, 0.25) is 0 Å². The van der Waals surface area contributed by atoms with Gasteiger partial charge in [0.25, 0.3) is 5.91 Å². The SMILES string of the molecule is COc1ccc(OC)c(S(=O)(=O)N(C)CC(=O)N/N=C\c2ccc(C(C)(C)C)cc2)c1. The van der Waals surface area contributed by atoms with E-state index in [0.29, 0.717) is 5.75 Å². The van der Waals surface area contributed by atoms with Crippen molar-refractivity contribution in [2.24, 2.45) is 5.10 Å². The number of carbonyl (C=O) groups is 1. The Bertz CT molecular complexity index is 1040. The summed E-state index contributed by atoms with van der Waals surface area (Å²) in [6, 6.07) is 12.3. The van der Waals surface area contributed by atoms with Crippen LogP contribution in [0.25, 0.3) is 0 Å². The standard InChI is InChI=1S/C22H29N3O5S/c1-22(2,3)17-9-7-16(8-10-17)14-23-24-21(26)15-25(4)31(27,28)20-13-18(29-5)11-12-19(20)30-6/h7-14H,15H2,1-6H3,(H,24,26)/b23-14-. The predicted molar refractivity (Wildman–Crippen MR) is 120 cm³/mol. The van der Waals surface area contributed by atoms with E-state index in [1.807, 2.05) is 24.3 Å². The minimum absolute atomic E-state index is 0.0470. The number of amides is 1. The van der Waals surface area contributed by atoms with Crippen LogP contribution in [0.1, 0.15) is 31.9 Å². The van der Waals surface area contributed by atoms with E-state index >= 15 is 0 Å². The van der Waals surface area contributed by atoms with Crippen molar-refractivity contribution >= 4 is 22.1 Å². The molecular weight excluding hydrogens is 418 g/mol. The van der Waals surface area contributed by atoms with Crippen LogP contribution < -0.4 is 14.9 Å². The van der Waals surface area contributed by atoms with Crippen molar-refractivity contribution in [1.82, 2.24) is 9.73 Å². The van der Waals surface area contributed by atoms with Gasteiger partial charge in [0.1, 0.15) is 16.4 Å². The average molecular weight is 448 g/mol. The molecule has 1 N–H and O–H groups in total. The number of hydrogen-bond donors (Lipinski definition) is 1. The number of methoxy groups -OCH3 is 2. The second kappa shape index (κ2) is 9.93. The Morgan fingerprint density at radius 3 is 2.29 bits per heavy atom. The van der Waals surface area contributed by atoms with E-state index in [4.69, 9.17) is 9.47 Å². The van der Waals surface area contributed by atoms with Crippen LogP contribution in [0.15, 0.2) is 52.5 Å². The number of rotatable bonds is 8. The summed E-state index contributed by atoms with van der Waals surface area (Å²) in [7, 11) is 0.124. The maximum atomic E-state index is 12.9. The number of nitrogens with one attached hydrogen (secondary N) is 1. The number of ether oxygens (including phenoxy) is 2. The summed E-state index contributed by atoms with van der Waals surface area (Å²) in [5, 5.41) is 3.91. The van der Waals surface area contributed by atoms with Crippen LogP contribution in [-0.2, 0) is 20.2 Å². The van der Waals surface area contributed by atoms with Gasteiger partial charge in [0.05, 0.1) is 27.0 Å². The van der Waals surface area contributed by atoms with E-state index in [9.17, 15) is 13.2 Å². The molecule has 0 aliphatic carbocycles. The zero-order valence-electron chi connectivity index (χ0n) is 18.7. The number of carbonyl (C=O) groups excluding carboxylic acids is 1. The maximum Gasteiger partial charge on any atom is 0.255 e. The van der Waals surface area contributed by atoms with Crippen LogP contribution in [-0.4, -0.2) is 52.7 Å². The van der Waals surface area contributed by atoms with E-state index in [0.717, 1.165) is 9.87 Å². The molecule has 0 saturated carbocycles. The summed E-state index contributed by atoms with van der Waals surface area (Å²) in [6.45, 7) is 5.97. The molecule has 2 aromatic carbocycles. The lowest BCUT2D eigenvalue weighted by Crippen LogP contribution is -2.36. The highest BCUT2D eigenvalue weighted by molar-refractivity contribution is 7.89. The fraction of sp³-hybridized carbons (Fsp3) is 0.364. The monoisotopic (exact) mass is 447 g/mol. The van der Waals surface area contributed by atoms with Gasteiger partial charge in [-0.3, -0.25) is 4.79 Å². The van der Waals surface area contributed by atoms with Gasteiger partial charge in [-0.05, 0) is 28.7 Å². The summed E-state index contributed by atoms with van der Waals surface area (Å²) >= 11 is 0. The lowest BCUT2D eigenvalue weighted by molar-refractivity contribution is -0.121. The summed E-state index contributed by atoms with van der Waals surface area (Å²) in [5.74, 6) is -0.0559. The third-order valence-electron chi connectivity index (χ3n) is 4.60. The molecular formula is C22H29N3O5S. The molecule has 0 aliphatic rings. The first-order chi connectivity index (χ1) is 14.5. The molecule has 0 bridgehead atoms. The molecule has 0 fully saturated rings. The molecule has 0 saturated heterocycles. The Balaban J connectivity index is 2.04. The first kappa shape index (κ1) is 24.4. The molecule has 2 rings (SSSR count). The fourth-order valence-electron chi connectivity index (χ4n) is 2.72. The Hall–Kier alpha value is -2.91. The number of hydrogen-bond acceptors (Lipinski definition) is 6. The third kappa shape index (κ3) is 6.28. The maximum absolute atomic E-state index is 12.9. The number of hydrazone groups is 1. The summed E-state index contributed by atoms with van der Waals surface area (Å²) in [5.41, 5.74) is 4.40. The Morgan fingerprint density at radius 2 is 1.74 bits per heavy atom. The van der Waals surface area contributed by atoms with E-state index in [1.165, 1.54) is 45.2 Å². The fourth-order valence-corrected chi connectivity index (χ4v) is 4.02. The molecule has 0 atom stereocenters. The smallest absolute Gasteiger partial charge is 0.255 e. The summed E-state index contributed by atoms with van der Waals surface area (Å²) < 4.78 is 37.0. The number of nitrogens with zero attached hydrogens (tertiary/aromatic N) is 2. The predicted octanol–water partition coefficient (Wildman–Crippen LogP) is 2.77. The zero-order chi connectivity index (χ0) is 23.2. The van der Waals surface area contributed by atoms with Crippen molar-refractivity contribution in [1.29, 1.82) is 0 Å². The van der Waals surface area contributed by atoms with Crippen LogP contribution in [0.3, 0.4) is 0 Å². The third-order valence-corrected chi connectivity index (χ3v) is 6.43. The molecule has 0 spiro atoms. The van der Waals surface area contributed by atoms with Gasteiger partial charge >= 0.3 is 0 Å². The molecule has 0 aliphatic heterocycles. The van der Waals surface area contributed by atoms with Gasteiger partial charge in [0.15, 0.2) is 0 Å². The Morgan fingerprint density at radius 1 is 1.10 bits per heavy atom. The van der Waals surface area contributed by atoms with Gasteiger partial charge in [0.2, 0.25) is 10.0 Å². The molecule has 0 aromatic heterocycles. The molecule has 2 aromatic rings. The second-order valence-electron chi connectivity index (χ2n) is 7.94. The van der Waals surface area contributed by atoms with Gasteiger partial charge in [-0.2, -0.15) is 9.41 Å². The molecule has 31 heavy (non-hydrogen) atoms. The minimum atomic E-state index is -3.99. The lowest BCUT2D eigenvalue weighted by atomic mass is 9.87. The quantitative estimate of drug-likeness (QED) is 0.496. The first-order valence-corrected chi connectivity index (χ1v) is 11.0. The molecule has 8 nitrogen and oxygen atoms in total. The van der Waals surface area contributed by atoms with Crippen LogP contribution >= 0.6 is 0 Å². The highest BCUT2D eigenvalue weighted by atomic mass is 32.2. The van der Waals surface area contributed by atoms with Crippen molar-refractivity contribution in [3.8, 4) is 11.5 Å². The van der Waals surface area contributed by atoms with Gasteiger partial charge < -0.3 is 9.47 Å². The first-order valence-electron chi connectivity index (χ1n) is 9.60. The van der Waals surface area contributed by atoms with Crippen molar-refractivity contribution in [3.63, 3.8) is 0 Å².